The lowest BCUT2D eigenvalue weighted by Gasteiger charge is -2.34. The van der Waals surface area contributed by atoms with Crippen molar-refractivity contribution in [3.63, 3.8) is 0 Å². The third kappa shape index (κ3) is 2.94. The van der Waals surface area contributed by atoms with Crippen molar-refractivity contribution in [2.24, 2.45) is 0 Å². The molecular weight excluding hydrogens is 258 g/mol. The fraction of sp³-hybridized carbons (Fsp3) is 0.692. The molecule has 0 saturated carbocycles. The lowest BCUT2D eigenvalue weighted by Crippen LogP contribution is -2.49. The van der Waals surface area contributed by atoms with Crippen molar-refractivity contribution in [1.82, 2.24) is 20.0 Å². The number of amides is 1. The van der Waals surface area contributed by atoms with Crippen molar-refractivity contribution < 1.29 is 9.90 Å². The fourth-order valence-electron chi connectivity index (χ4n) is 2.43. The summed E-state index contributed by atoms with van der Waals surface area (Å²) in [5, 5.41) is 15.8. The van der Waals surface area contributed by atoms with E-state index in [2.05, 4.69) is 15.1 Å². The first kappa shape index (κ1) is 14.8. The van der Waals surface area contributed by atoms with Gasteiger partial charge in [0.05, 0.1) is 18.0 Å². The normalized spacial score (nSPS) is 16.9. The average Bonchev–Trinajstić information content (AvgIpc) is 2.81. The van der Waals surface area contributed by atoms with Gasteiger partial charge in [0.2, 0.25) is 0 Å². The molecule has 20 heavy (non-hydrogen) atoms. The Morgan fingerprint density at radius 1 is 1.40 bits per heavy atom. The van der Waals surface area contributed by atoms with E-state index >= 15 is 0 Å². The van der Waals surface area contributed by atoms with Crippen molar-refractivity contribution in [2.45, 2.75) is 19.8 Å². The molecule has 2 rings (SSSR count). The molecule has 0 spiro atoms. The minimum atomic E-state index is -0.116. The standard InChI is InChI=1S/C13H23N5O2/c1-9(2)11-10(14)12(16-15-11)13(20)18-5-3-17(4-6-18)7-8-19/h9,19H,3-8,14H2,1-2H3,(H,15,16). The summed E-state index contributed by atoms with van der Waals surface area (Å²) in [4.78, 5) is 16.3. The van der Waals surface area contributed by atoms with Gasteiger partial charge in [-0.1, -0.05) is 13.8 Å². The molecular formula is C13H23N5O2. The molecule has 1 amide bonds. The number of β-amino-alcohol motifs (C(OH)–C–C–N with tert-alkyl or cyclic N) is 1. The van der Waals surface area contributed by atoms with Crippen LogP contribution in [0.3, 0.4) is 0 Å². The number of carbonyl (C=O) groups excluding carboxylic acids is 1. The molecule has 0 radical (unpaired) electrons. The Balaban J connectivity index is 2.02. The Morgan fingerprint density at radius 3 is 2.55 bits per heavy atom. The zero-order valence-electron chi connectivity index (χ0n) is 12.1. The Kier molecular flexibility index (Phi) is 4.61. The first-order valence-electron chi connectivity index (χ1n) is 7.00. The molecule has 7 heteroatoms. The number of piperazine rings is 1. The van der Waals surface area contributed by atoms with Gasteiger partial charge in [-0.15, -0.1) is 0 Å². The number of hydrogen-bond donors (Lipinski definition) is 3. The fourth-order valence-corrected chi connectivity index (χ4v) is 2.43. The molecule has 2 heterocycles. The van der Waals surface area contributed by atoms with Crippen LogP contribution in [0.1, 0.15) is 35.9 Å². The lowest BCUT2D eigenvalue weighted by molar-refractivity contribution is 0.0610. The monoisotopic (exact) mass is 281 g/mol. The Hall–Kier alpha value is -1.60. The highest BCUT2D eigenvalue weighted by Crippen LogP contribution is 2.23. The number of nitrogens with one attached hydrogen (secondary N) is 1. The van der Waals surface area contributed by atoms with Gasteiger partial charge in [-0.05, 0) is 5.92 Å². The molecule has 0 aromatic carbocycles. The van der Waals surface area contributed by atoms with Gasteiger partial charge in [0.1, 0.15) is 0 Å². The number of aromatic nitrogens is 2. The predicted octanol–water partition coefficient (Wildman–Crippen LogP) is -0.135. The molecule has 1 aliphatic rings. The third-order valence-electron chi connectivity index (χ3n) is 3.69. The Bertz CT molecular complexity index is 463. The molecule has 0 bridgehead atoms. The summed E-state index contributed by atoms with van der Waals surface area (Å²) in [7, 11) is 0. The van der Waals surface area contributed by atoms with Crippen LogP contribution in [-0.4, -0.2) is 70.3 Å². The number of aliphatic hydroxyl groups excluding tert-OH is 1. The number of aromatic amines is 1. The number of nitrogens with two attached hydrogens (primary N) is 1. The van der Waals surface area contributed by atoms with Gasteiger partial charge >= 0.3 is 0 Å². The molecule has 0 atom stereocenters. The molecule has 0 aliphatic carbocycles. The molecule has 1 aromatic heterocycles. The SMILES string of the molecule is CC(C)c1[nH]nc(C(=O)N2CCN(CCO)CC2)c1N. The lowest BCUT2D eigenvalue weighted by atomic mass is 10.1. The van der Waals surface area contributed by atoms with Crippen LogP contribution in [0.4, 0.5) is 5.69 Å². The molecule has 1 aromatic rings. The number of carbonyl (C=O) groups is 1. The highest BCUT2D eigenvalue weighted by molar-refractivity contribution is 5.97. The summed E-state index contributed by atoms with van der Waals surface area (Å²) in [5.74, 6) is 0.0970. The maximum Gasteiger partial charge on any atom is 0.276 e. The van der Waals surface area contributed by atoms with E-state index in [1.165, 1.54) is 0 Å². The summed E-state index contributed by atoms with van der Waals surface area (Å²) in [6.45, 7) is 7.64. The first-order valence-corrected chi connectivity index (χ1v) is 7.00. The number of hydrogen-bond acceptors (Lipinski definition) is 5. The summed E-state index contributed by atoms with van der Waals surface area (Å²) >= 11 is 0. The van der Waals surface area contributed by atoms with Crippen LogP contribution in [0.25, 0.3) is 0 Å². The zero-order valence-corrected chi connectivity index (χ0v) is 12.1. The van der Waals surface area contributed by atoms with Gasteiger partial charge in [-0.25, -0.2) is 0 Å². The second kappa shape index (κ2) is 6.23. The van der Waals surface area contributed by atoms with E-state index < -0.39 is 0 Å². The Labute approximate surface area is 118 Å². The number of aliphatic hydroxyl groups is 1. The van der Waals surface area contributed by atoms with Crippen LogP contribution in [-0.2, 0) is 0 Å². The summed E-state index contributed by atoms with van der Waals surface area (Å²) in [6.07, 6.45) is 0. The van der Waals surface area contributed by atoms with E-state index in [9.17, 15) is 4.79 Å². The molecule has 0 unspecified atom stereocenters. The van der Waals surface area contributed by atoms with Crippen LogP contribution >= 0.6 is 0 Å². The number of nitrogens with zero attached hydrogens (tertiary/aromatic N) is 3. The van der Waals surface area contributed by atoms with Gasteiger partial charge in [0.25, 0.3) is 5.91 Å². The largest absolute Gasteiger partial charge is 0.395 e. The molecule has 4 N–H and O–H groups in total. The number of nitrogen functional groups attached to an aromatic ring is 1. The van der Waals surface area contributed by atoms with Crippen molar-refractivity contribution in [3.8, 4) is 0 Å². The highest BCUT2D eigenvalue weighted by atomic mass is 16.3. The predicted molar refractivity (Wildman–Crippen MR) is 76.5 cm³/mol. The van der Waals surface area contributed by atoms with Gasteiger partial charge in [-0.2, -0.15) is 5.10 Å². The average molecular weight is 281 g/mol. The molecule has 7 nitrogen and oxygen atoms in total. The van der Waals surface area contributed by atoms with Crippen LogP contribution in [0.5, 0.6) is 0 Å². The van der Waals surface area contributed by atoms with Crippen LogP contribution in [0, 0.1) is 0 Å². The molecule has 1 saturated heterocycles. The third-order valence-corrected chi connectivity index (χ3v) is 3.69. The number of rotatable bonds is 4. The summed E-state index contributed by atoms with van der Waals surface area (Å²) < 4.78 is 0. The van der Waals surface area contributed by atoms with E-state index in [1.807, 2.05) is 13.8 Å². The van der Waals surface area contributed by atoms with Crippen molar-refractivity contribution in [1.29, 1.82) is 0 Å². The molecule has 112 valence electrons. The molecule has 1 aliphatic heterocycles. The maximum absolute atomic E-state index is 12.4. The van der Waals surface area contributed by atoms with E-state index in [0.717, 1.165) is 18.8 Å². The minimum Gasteiger partial charge on any atom is -0.395 e. The number of H-pyrrole nitrogens is 1. The van der Waals surface area contributed by atoms with Crippen LogP contribution in [0.2, 0.25) is 0 Å². The van der Waals surface area contributed by atoms with Crippen LogP contribution < -0.4 is 5.73 Å². The van der Waals surface area contributed by atoms with Crippen molar-refractivity contribution in [2.75, 3.05) is 45.1 Å². The second-order valence-electron chi connectivity index (χ2n) is 5.41. The highest BCUT2D eigenvalue weighted by Gasteiger charge is 2.26. The van der Waals surface area contributed by atoms with Gasteiger partial charge in [-0.3, -0.25) is 14.8 Å². The Morgan fingerprint density at radius 2 is 2.05 bits per heavy atom. The second-order valence-corrected chi connectivity index (χ2v) is 5.41. The van der Waals surface area contributed by atoms with Crippen molar-refractivity contribution >= 4 is 11.6 Å². The summed E-state index contributed by atoms with van der Waals surface area (Å²) in [5.41, 5.74) is 7.60. The van der Waals surface area contributed by atoms with Gasteiger partial charge in [0.15, 0.2) is 5.69 Å². The quantitative estimate of drug-likeness (QED) is 0.714. The smallest absolute Gasteiger partial charge is 0.276 e. The minimum absolute atomic E-state index is 0.116. The number of anilines is 1. The van der Waals surface area contributed by atoms with Gasteiger partial charge < -0.3 is 15.7 Å². The topological polar surface area (TPSA) is 98.5 Å². The van der Waals surface area contributed by atoms with E-state index in [-0.39, 0.29) is 18.4 Å². The first-order chi connectivity index (χ1) is 9.54. The van der Waals surface area contributed by atoms with E-state index in [1.54, 1.807) is 4.90 Å². The maximum atomic E-state index is 12.4. The van der Waals surface area contributed by atoms with Gasteiger partial charge in [0, 0.05) is 32.7 Å². The molecule has 1 fully saturated rings. The zero-order chi connectivity index (χ0) is 14.7. The van der Waals surface area contributed by atoms with E-state index in [4.69, 9.17) is 10.8 Å². The summed E-state index contributed by atoms with van der Waals surface area (Å²) in [6, 6.07) is 0. The van der Waals surface area contributed by atoms with Crippen molar-refractivity contribution in [3.05, 3.63) is 11.4 Å². The van der Waals surface area contributed by atoms with E-state index in [0.29, 0.717) is 31.0 Å². The van der Waals surface area contributed by atoms with Crippen LogP contribution in [0.15, 0.2) is 0 Å².